The summed E-state index contributed by atoms with van der Waals surface area (Å²) >= 11 is 3.45. The first-order valence-electron chi connectivity index (χ1n) is 5.68. The van der Waals surface area contributed by atoms with E-state index in [0.29, 0.717) is 17.2 Å². The molecule has 4 nitrogen and oxygen atoms in total. The van der Waals surface area contributed by atoms with E-state index in [-0.39, 0.29) is 6.61 Å². The molecule has 5 heteroatoms. The van der Waals surface area contributed by atoms with E-state index < -0.39 is 0 Å². The topological polar surface area (TPSA) is 47.9 Å². The number of rotatable bonds is 4. The van der Waals surface area contributed by atoms with E-state index in [1.54, 1.807) is 27.4 Å². The van der Waals surface area contributed by atoms with Gasteiger partial charge in [0.1, 0.15) is 17.2 Å². The molecule has 0 aliphatic heterocycles. The Labute approximate surface area is 120 Å². The van der Waals surface area contributed by atoms with Crippen molar-refractivity contribution in [1.82, 2.24) is 0 Å². The first-order valence-corrected chi connectivity index (χ1v) is 6.47. The second-order valence-corrected chi connectivity index (χ2v) is 4.76. The molecule has 1 N–H and O–H groups in total. The van der Waals surface area contributed by atoms with E-state index in [4.69, 9.17) is 14.2 Å². The molecule has 2 aromatic rings. The quantitative estimate of drug-likeness (QED) is 0.937. The predicted molar refractivity (Wildman–Crippen MR) is 77.2 cm³/mol. The molecular weight excluding hydrogens is 312 g/mol. The van der Waals surface area contributed by atoms with E-state index in [1.165, 1.54) is 0 Å². The third-order valence-electron chi connectivity index (χ3n) is 2.97. The van der Waals surface area contributed by atoms with Crippen molar-refractivity contribution in [3.63, 3.8) is 0 Å². The predicted octanol–water partition coefficient (Wildman–Crippen LogP) is 3.12. The van der Waals surface area contributed by atoms with Crippen LogP contribution in [0.1, 0.15) is 5.56 Å². The fourth-order valence-corrected chi connectivity index (χ4v) is 2.66. The molecule has 102 valence electrons. The maximum atomic E-state index is 9.40. The van der Waals surface area contributed by atoms with Gasteiger partial charge in [0.2, 0.25) is 0 Å². The van der Waals surface area contributed by atoms with Gasteiger partial charge in [-0.05, 0) is 39.0 Å². The van der Waals surface area contributed by atoms with Gasteiger partial charge in [-0.1, -0.05) is 0 Å². The molecule has 0 radical (unpaired) electrons. The molecule has 0 aliphatic rings. The highest BCUT2D eigenvalue weighted by Gasteiger charge is 2.16. The van der Waals surface area contributed by atoms with Crippen LogP contribution in [0.2, 0.25) is 0 Å². The minimum Gasteiger partial charge on any atom is -0.497 e. The highest BCUT2D eigenvalue weighted by Crippen LogP contribution is 2.43. The van der Waals surface area contributed by atoms with Gasteiger partial charge < -0.3 is 19.3 Å². The van der Waals surface area contributed by atoms with Crippen molar-refractivity contribution in [1.29, 1.82) is 0 Å². The largest absolute Gasteiger partial charge is 0.497 e. The van der Waals surface area contributed by atoms with Crippen LogP contribution in [-0.4, -0.2) is 26.4 Å². The standard InChI is InChI=1S/C14H15BrO4/c1-17-10-5-8-4-9(7-16)13(15)14(19-3)12(8)11(6-10)18-2/h4-6,16H,7H2,1-3H3. The molecule has 0 aromatic heterocycles. The lowest BCUT2D eigenvalue weighted by molar-refractivity contribution is 0.280. The Kier molecular flexibility index (Phi) is 4.17. The van der Waals surface area contributed by atoms with Crippen LogP contribution in [0.5, 0.6) is 17.2 Å². The molecule has 2 rings (SSSR count). The van der Waals surface area contributed by atoms with Crippen molar-refractivity contribution < 1.29 is 19.3 Å². The van der Waals surface area contributed by atoms with Gasteiger partial charge in [-0.3, -0.25) is 0 Å². The smallest absolute Gasteiger partial charge is 0.144 e. The van der Waals surface area contributed by atoms with Crippen molar-refractivity contribution in [3.05, 3.63) is 28.2 Å². The summed E-state index contributed by atoms with van der Waals surface area (Å²) < 4.78 is 16.8. The van der Waals surface area contributed by atoms with Crippen LogP contribution in [0, 0.1) is 0 Å². The van der Waals surface area contributed by atoms with Crippen LogP contribution in [0.3, 0.4) is 0 Å². The lowest BCUT2D eigenvalue weighted by atomic mass is 10.0. The van der Waals surface area contributed by atoms with Gasteiger partial charge in [0.15, 0.2) is 0 Å². The van der Waals surface area contributed by atoms with E-state index >= 15 is 0 Å². The van der Waals surface area contributed by atoms with Gasteiger partial charge in [-0.2, -0.15) is 0 Å². The van der Waals surface area contributed by atoms with Crippen LogP contribution in [0.4, 0.5) is 0 Å². The number of hydrogen-bond donors (Lipinski definition) is 1. The molecular formula is C14H15BrO4. The minimum atomic E-state index is -0.0770. The number of aliphatic hydroxyl groups is 1. The molecule has 2 aromatic carbocycles. The van der Waals surface area contributed by atoms with Crippen LogP contribution < -0.4 is 14.2 Å². The zero-order valence-corrected chi connectivity index (χ0v) is 12.6. The zero-order valence-electron chi connectivity index (χ0n) is 11.0. The van der Waals surface area contributed by atoms with Crippen LogP contribution in [0.25, 0.3) is 10.8 Å². The van der Waals surface area contributed by atoms with Gasteiger partial charge in [-0.25, -0.2) is 0 Å². The molecule has 0 saturated carbocycles. The normalized spacial score (nSPS) is 10.6. The summed E-state index contributed by atoms with van der Waals surface area (Å²) in [4.78, 5) is 0. The van der Waals surface area contributed by atoms with Crippen molar-refractivity contribution in [2.45, 2.75) is 6.61 Å². The Balaban J connectivity index is 2.89. The molecule has 0 bridgehead atoms. The number of fused-ring (bicyclic) bond motifs is 1. The lowest BCUT2D eigenvalue weighted by Gasteiger charge is -2.15. The number of ether oxygens (including phenoxy) is 3. The van der Waals surface area contributed by atoms with Crippen molar-refractivity contribution >= 4 is 26.7 Å². The Morgan fingerprint density at radius 2 is 1.79 bits per heavy atom. The number of hydrogen-bond acceptors (Lipinski definition) is 4. The first-order chi connectivity index (χ1) is 9.15. The fraction of sp³-hybridized carbons (Fsp3) is 0.286. The van der Waals surface area contributed by atoms with Gasteiger partial charge >= 0.3 is 0 Å². The number of benzene rings is 2. The van der Waals surface area contributed by atoms with E-state index in [2.05, 4.69) is 15.9 Å². The number of methoxy groups -OCH3 is 3. The van der Waals surface area contributed by atoms with Gasteiger partial charge in [0.25, 0.3) is 0 Å². The molecule has 0 atom stereocenters. The zero-order chi connectivity index (χ0) is 14.0. The molecule has 0 saturated heterocycles. The summed E-state index contributed by atoms with van der Waals surface area (Å²) in [6.45, 7) is -0.0770. The molecule has 0 aliphatic carbocycles. The molecule has 0 amide bonds. The molecule has 0 heterocycles. The van der Waals surface area contributed by atoms with E-state index in [1.807, 2.05) is 12.1 Å². The molecule has 19 heavy (non-hydrogen) atoms. The molecule has 0 spiro atoms. The Bertz CT molecular complexity index is 610. The Morgan fingerprint density at radius 3 is 2.32 bits per heavy atom. The average Bonchev–Trinajstić information content (AvgIpc) is 2.45. The lowest BCUT2D eigenvalue weighted by Crippen LogP contribution is -1.96. The van der Waals surface area contributed by atoms with Crippen molar-refractivity contribution in [3.8, 4) is 17.2 Å². The maximum absolute atomic E-state index is 9.40. The van der Waals surface area contributed by atoms with Gasteiger partial charge in [-0.15, -0.1) is 0 Å². The second-order valence-electron chi connectivity index (χ2n) is 3.97. The third kappa shape index (κ3) is 2.35. The second kappa shape index (κ2) is 5.67. The monoisotopic (exact) mass is 326 g/mol. The summed E-state index contributed by atoms with van der Waals surface area (Å²) in [6.07, 6.45) is 0. The molecule has 0 fully saturated rings. The Morgan fingerprint density at radius 1 is 1.05 bits per heavy atom. The fourth-order valence-electron chi connectivity index (χ4n) is 2.06. The molecule has 0 unspecified atom stereocenters. The maximum Gasteiger partial charge on any atom is 0.144 e. The summed E-state index contributed by atoms with van der Waals surface area (Å²) in [5, 5.41) is 11.1. The summed E-state index contributed by atoms with van der Waals surface area (Å²) in [5.41, 5.74) is 0.750. The van der Waals surface area contributed by atoms with Crippen LogP contribution in [0.15, 0.2) is 22.7 Å². The highest BCUT2D eigenvalue weighted by atomic mass is 79.9. The van der Waals surface area contributed by atoms with Gasteiger partial charge in [0, 0.05) is 6.07 Å². The highest BCUT2D eigenvalue weighted by molar-refractivity contribution is 9.10. The van der Waals surface area contributed by atoms with E-state index in [0.717, 1.165) is 20.8 Å². The number of aliphatic hydroxyl groups excluding tert-OH is 1. The SMILES string of the molecule is COc1cc(OC)c2c(OC)c(Br)c(CO)cc2c1. The summed E-state index contributed by atoms with van der Waals surface area (Å²) in [7, 11) is 4.79. The van der Waals surface area contributed by atoms with Crippen LogP contribution >= 0.6 is 15.9 Å². The minimum absolute atomic E-state index is 0.0770. The summed E-state index contributed by atoms with van der Waals surface area (Å²) in [6, 6.07) is 5.56. The first kappa shape index (κ1) is 14.0. The van der Waals surface area contributed by atoms with Crippen molar-refractivity contribution in [2.24, 2.45) is 0 Å². The Hall–Kier alpha value is -1.46. The number of halogens is 1. The summed E-state index contributed by atoms with van der Waals surface area (Å²) in [5.74, 6) is 2.00. The van der Waals surface area contributed by atoms with Crippen molar-refractivity contribution in [2.75, 3.05) is 21.3 Å². The van der Waals surface area contributed by atoms with Crippen LogP contribution in [-0.2, 0) is 6.61 Å². The van der Waals surface area contributed by atoms with Gasteiger partial charge in [0.05, 0.1) is 37.8 Å². The average molecular weight is 327 g/mol. The third-order valence-corrected chi connectivity index (χ3v) is 3.84. The van der Waals surface area contributed by atoms with E-state index in [9.17, 15) is 5.11 Å².